The Bertz CT molecular complexity index is 565. The van der Waals surface area contributed by atoms with Gasteiger partial charge in [0, 0.05) is 18.3 Å². The second-order valence-electron chi connectivity index (χ2n) is 5.11. The maximum atomic E-state index is 5.95. The van der Waals surface area contributed by atoms with Gasteiger partial charge >= 0.3 is 0 Å². The van der Waals surface area contributed by atoms with Crippen molar-refractivity contribution in [3.05, 3.63) is 29.6 Å². The zero-order valence-electron chi connectivity index (χ0n) is 12.5. The van der Waals surface area contributed by atoms with Gasteiger partial charge < -0.3 is 4.57 Å². The van der Waals surface area contributed by atoms with Crippen molar-refractivity contribution < 1.29 is 0 Å². The number of rotatable bonds is 7. The van der Waals surface area contributed by atoms with Crippen LogP contribution < -0.4 is 0 Å². The van der Waals surface area contributed by atoms with Crippen molar-refractivity contribution in [3.8, 4) is 0 Å². The summed E-state index contributed by atoms with van der Waals surface area (Å²) in [5.74, 6) is 4.13. The summed E-state index contributed by atoms with van der Waals surface area (Å²) in [5, 5.41) is 0. The van der Waals surface area contributed by atoms with Gasteiger partial charge in [0.2, 0.25) is 0 Å². The van der Waals surface area contributed by atoms with E-state index in [0.717, 1.165) is 17.8 Å². The molecule has 1 aromatic carbocycles. The number of aryl methyl sites for hydroxylation is 2. The molecule has 20 heavy (non-hydrogen) atoms. The minimum atomic E-state index is 0.471. The number of hydrogen-bond acceptors (Lipinski definition) is 2. The number of fused-ring (bicyclic) bond motifs is 1. The zero-order chi connectivity index (χ0) is 14.5. The fraction of sp³-hybridized carbons (Fsp3) is 0.562. The predicted octanol–water partition coefficient (Wildman–Crippen LogP) is 4.83. The summed E-state index contributed by atoms with van der Waals surface area (Å²) in [7, 11) is 0. The van der Waals surface area contributed by atoms with E-state index in [4.69, 9.17) is 16.6 Å². The third-order valence-corrected chi connectivity index (χ3v) is 4.76. The van der Waals surface area contributed by atoms with Gasteiger partial charge in [-0.3, -0.25) is 0 Å². The molecule has 1 atom stereocenters. The van der Waals surface area contributed by atoms with E-state index in [0.29, 0.717) is 11.9 Å². The lowest BCUT2D eigenvalue weighted by molar-refractivity contribution is 0.528. The third kappa shape index (κ3) is 3.32. The van der Waals surface area contributed by atoms with E-state index in [1.165, 1.54) is 29.0 Å². The molecule has 0 aliphatic rings. The van der Waals surface area contributed by atoms with Crippen LogP contribution in [0.2, 0.25) is 0 Å². The van der Waals surface area contributed by atoms with E-state index in [-0.39, 0.29) is 0 Å². The van der Waals surface area contributed by atoms with Crippen LogP contribution in [-0.2, 0) is 6.42 Å². The van der Waals surface area contributed by atoms with E-state index in [1.54, 1.807) is 0 Å². The molecular formula is C16H23ClN2S. The molecule has 1 heterocycles. The first kappa shape index (κ1) is 15.7. The number of alkyl halides is 1. The third-order valence-electron chi connectivity index (χ3n) is 3.64. The molecule has 0 bridgehead atoms. The molecule has 0 saturated heterocycles. The topological polar surface area (TPSA) is 17.8 Å². The summed E-state index contributed by atoms with van der Waals surface area (Å²) in [5.41, 5.74) is 3.62. The Kier molecular flexibility index (Phi) is 5.79. The van der Waals surface area contributed by atoms with Crippen molar-refractivity contribution >= 4 is 34.4 Å². The number of aromatic nitrogens is 2. The minimum Gasteiger partial charge on any atom is -0.325 e. The van der Waals surface area contributed by atoms with Crippen LogP contribution >= 0.6 is 23.4 Å². The number of nitrogens with zero attached hydrogens (tertiary/aromatic N) is 2. The Hall–Kier alpha value is -0.670. The highest BCUT2D eigenvalue weighted by Crippen LogP contribution is 2.26. The van der Waals surface area contributed by atoms with Gasteiger partial charge in [0.15, 0.2) is 0 Å². The molecule has 1 unspecified atom stereocenters. The minimum absolute atomic E-state index is 0.471. The van der Waals surface area contributed by atoms with Crippen LogP contribution in [0.25, 0.3) is 11.0 Å². The second-order valence-corrected chi connectivity index (χ2v) is 6.89. The molecular weight excluding hydrogens is 288 g/mol. The van der Waals surface area contributed by atoms with Crippen molar-refractivity contribution in [2.75, 3.05) is 17.4 Å². The maximum absolute atomic E-state index is 5.95. The lowest BCUT2D eigenvalue weighted by Gasteiger charge is -2.17. The first-order valence-electron chi connectivity index (χ1n) is 7.29. The van der Waals surface area contributed by atoms with Crippen LogP contribution in [0.1, 0.15) is 37.7 Å². The second kappa shape index (κ2) is 7.37. The van der Waals surface area contributed by atoms with Crippen LogP contribution in [0.15, 0.2) is 18.2 Å². The van der Waals surface area contributed by atoms with Crippen LogP contribution in [0.4, 0.5) is 0 Å². The van der Waals surface area contributed by atoms with Gasteiger partial charge in [-0.2, -0.15) is 11.8 Å². The van der Waals surface area contributed by atoms with E-state index in [2.05, 4.69) is 43.5 Å². The summed E-state index contributed by atoms with van der Waals surface area (Å²) in [6.07, 6.45) is 2.01. The van der Waals surface area contributed by atoms with E-state index < -0.39 is 0 Å². The first-order valence-corrected chi connectivity index (χ1v) is 8.98. The van der Waals surface area contributed by atoms with Crippen molar-refractivity contribution in [3.63, 3.8) is 0 Å². The molecule has 0 spiro atoms. The lowest BCUT2D eigenvalue weighted by Crippen LogP contribution is -2.11. The molecule has 0 fully saturated rings. The van der Waals surface area contributed by atoms with Crippen LogP contribution in [0, 0.1) is 6.92 Å². The number of thioether (sulfide) groups is 1. The molecule has 2 rings (SSSR count). The van der Waals surface area contributed by atoms with Gasteiger partial charge in [-0.25, -0.2) is 4.98 Å². The van der Waals surface area contributed by atoms with Gasteiger partial charge in [0.05, 0.1) is 11.0 Å². The van der Waals surface area contributed by atoms with Crippen molar-refractivity contribution in [2.45, 2.75) is 39.7 Å². The SMILES string of the molecule is CCSCCC(C)n1c(CCCl)nc2c(C)cccc21. The maximum Gasteiger partial charge on any atom is 0.111 e. The Morgan fingerprint density at radius 3 is 2.90 bits per heavy atom. The molecule has 0 aliphatic carbocycles. The standard InChI is InChI=1S/C16H23ClN2S/c1-4-20-11-9-13(3)19-14-7-5-6-12(2)16(14)18-15(19)8-10-17/h5-7,13H,4,8-11H2,1-3H3. The predicted molar refractivity (Wildman–Crippen MR) is 91.2 cm³/mol. The highest BCUT2D eigenvalue weighted by Gasteiger charge is 2.16. The number of hydrogen-bond donors (Lipinski definition) is 0. The normalized spacial score (nSPS) is 13.0. The Morgan fingerprint density at radius 2 is 2.20 bits per heavy atom. The summed E-state index contributed by atoms with van der Waals surface area (Å²) < 4.78 is 2.39. The molecule has 1 aromatic heterocycles. The lowest BCUT2D eigenvalue weighted by atomic mass is 10.2. The molecule has 2 nitrogen and oxygen atoms in total. The van der Waals surface area contributed by atoms with Crippen molar-refractivity contribution in [1.82, 2.24) is 9.55 Å². The summed E-state index contributed by atoms with van der Waals surface area (Å²) in [4.78, 5) is 4.82. The Labute approximate surface area is 130 Å². The van der Waals surface area contributed by atoms with E-state index >= 15 is 0 Å². The average Bonchev–Trinajstić information content (AvgIpc) is 2.79. The molecule has 0 aliphatic heterocycles. The van der Waals surface area contributed by atoms with E-state index in [1.807, 2.05) is 11.8 Å². The average molecular weight is 311 g/mol. The van der Waals surface area contributed by atoms with Gasteiger partial charge in [-0.15, -0.1) is 11.6 Å². The first-order chi connectivity index (χ1) is 9.69. The van der Waals surface area contributed by atoms with Gasteiger partial charge in [-0.1, -0.05) is 19.1 Å². The summed E-state index contributed by atoms with van der Waals surface area (Å²) >= 11 is 7.95. The number of benzene rings is 1. The highest BCUT2D eigenvalue weighted by atomic mass is 35.5. The fourth-order valence-corrected chi connectivity index (χ4v) is 3.55. The Balaban J connectivity index is 2.37. The van der Waals surface area contributed by atoms with E-state index in [9.17, 15) is 0 Å². The van der Waals surface area contributed by atoms with Crippen LogP contribution in [-0.4, -0.2) is 26.9 Å². The Morgan fingerprint density at radius 1 is 1.40 bits per heavy atom. The van der Waals surface area contributed by atoms with Gasteiger partial charge in [-0.05, 0) is 43.4 Å². The summed E-state index contributed by atoms with van der Waals surface area (Å²) in [6.45, 7) is 6.63. The number of imidazole rings is 1. The molecule has 2 aromatic rings. The van der Waals surface area contributed by atoms with Crippen molar-refractivity contribution in [1.29, 1.82) is 0 Å². The zero-order valence-corrected chi connectivity index (χ0v) is 14.1. The summed E-state index contributed by atoms with van der Waals surface area (Å²) in [6, 6.07) is 6.89. The monoisotopic (exact) mass is 310 g/mol. The smallest absolute Gasteiger partial charge is 0.111 e. The number of halogens is 1. The quantitative estimate of drug-likeness (QED) is 0.538. The fourth-order valence-electron chi connectivity index (χ4n) is 2.59. The van der Waals surface area contributed by atoms with Crippen molar-refractivity contribution in [2.24, 2.45) is 0 Å². The molecule has 0 N–H and O–H groups in total. The van der Waals surface area contributed by atoms with Crippen LogP contribution in [0.5, 0.6) is 0 Å². The van der Waals surface area contributed by atoms with Gasteiger partial charge in [0.25, 0.3) is 0 Å². The molecule has 0 amide bonds. The molecule has 110 valence electrons. The molecule has 0 saturated carbocycles. The molecule has 4 heteroatoms. The number of para-hydroxylation sites is 1. The molecule has 0 radical (unpaired) electrons. The highest BCUT2D eigenvalue weighted by molar-refractivity contribution is 7.99. The van der Waals surface area contributed by atoms with Gasteiger partial charge in [0.1, 0.15) is 5.82 Å². The largest absolute Gasteiger partial charge is 0.325 e. The van der Waals surface area contributed by atoms with Crippen LogP contribution in [0.3, 0.4) is 0 Å².